The summed E-state index contributed by atoms with van der Waals surface area (Å²) in [6.07, 6.45) is 3.65. The number of pyridine rings is 1. The van der Waals surface area contributed by atoms with Crippen molar-refractivity contribution in [1.82, 2.24) is 4.98 Å². The highest BCUT2D eigenvalue weighted by Crippen LogP contribution is 2.25. The number of carbonyl (C=O) groups excluding carboxylic acids is 1. The second-order valence-corrected chi connectivity index (χ2v) is 5.17. The van der Waals surface area contributed by atoms with Crippen molar-refractivity contribution in [3.05, 3.63) is 53.9 Å². The van der Waals surface area contributed by atoms with Crippen LogP contribution in [0.2, 0.25) is 0 Å². The smallest absolute Gasteiger partial charge is 0.264 e. The topological polar surface area (TPSA) is 42.4 Å². The van der Waals surface area contributed by atoms with E-state index < -0.39 is 0 Å². The van der Waals surface area contributed by atoms with Crippen molar-refractivity contribution in [2.75, 3.05) is 18.1 Å². The van der Waals surface area contributed by atoms with Gasteiger partial charge in [0, 0.05) is 12.7 Å². The third kappa shape index (κ3) is 2.89. The highest BCUT2D eigenvalue weighted by Gasteiger charge is 2.23. The summed E-state index contributed by atoms with van der Waals surface area (Å²) in [5.74, 6) is 0.737. The summed E-state index contributed by atoms with van der Waals surface area (Å²) in [5.41, 5.74) is 2.95. The van der Waals surface area contributed by atoms with Crippen molar-refractivity contribution in [2.24, 2.45) is 0 Å². The molecule has 1 aromatic carbocycles. The van der Waals surface area contributed by atoms with E-state index in [9.17, 15) is 4.79 Å². The third-order valence-electron chi connectivity index (χ3n) is 3.70. The van der Waals surface area contributed by atoms with Gasteiger partial charge in [-0.2, -0.15) is 0 Å². The van der Waals surface area contributed by atoms with Gasteiger partial charge in [-0.25, -0.2) is 0 Å². The monoisotopic (exact) mass is 282 g/mol. The van der Waals surface area contributed by atoms with Gasteiger partial charge in [0.1, 0.15) is 5.75 Å². The lowest BCUT2D eigenvalue weighted by Crippen LogP contribution is -2.38. The fourth-order valence-electron chi connectivity index (χ4n) is 2.59. The number of hydrogen-bond acceptors (Lipinski definition) is 3. The maximum atomic E-state index is 12.4. The molecule has 1 aliphatic rings. The van der Waals surface area contributed by atoms with Gasteiger partial charge in [0.15, 0.2) is 6.61 Å². The van der Waals surface area contributed by atoms with Crippen LogP contribution in [0.4, 0.5) is 5.69 Å². The summed E-state index contributed by atoms with van der Waals surface area (Å²) in [6.45, 7) is 2.76. The molecule has 2 heterocycles. The number of amides is 1. The summed E-state index contributed by atoms with van der Waals surface area (Å²) in [7, 11) is 0. The van der Waals surface area contributed by atoms with Gasteiger partial charge in [0.05, 0.1) is 11.4 Å². The largest absolute Gasteiger partial charge is 0.483 e. The van der Waals surface area contributed by atoms with Crippen LogP contribution in [-0.2, 0) is 11.2 Å². The molecule has 0 unspecified atom stereocenters. The SMILES string of the molecule is Cc1ccccc1OCC(=O)N1CCCc2ncccc21. The van der Waals surface area contributed by atoms with Gasteiger partial charge >= 0.3 is 0 Å². The van der Waals surface area contributed by atoms with Crippen LogP contribution in [0, 0.1) is 6.92 Å². The van der Waals surface area contributed by atoms with E-state index in [-0.39, 0.29) is 12.5 Å². The molecular weight excluding hydrogens is 264 g/mol. The number of benzene rings is 1. The minimum absolute atomic E-state index is 0.0211. The Balaban J connectivity index is 1.71. The number of fused-ring (bicyclic) bond motifs is 1. The van der Waals surface area contributed by atoms with Crippen LogP contribution < -0.4 is 9.64 Å². The lowest BCUT2D eigenvalue weighted by Gasteiger charge is -2.28. The minimum atomic E-state index is -0.0211. The zero-order valence-electron chi connectivity index (χ0n) is 12.1. The molecule has 1 aromatic heterocycles. The van der Waals surface area contributed by atoms with E-state index in [1.807, 2.05) is 43.3 Å². The summed E-state index contributed by atoms with van der Waals surface area (Å²) in [4.78, 5) is 18.6. The average Bonchev–Trinajstić information content (AvgIpc) is 2.53. The molecule has 21 heavy (non-hydrogen) atoms. The number of hydrogen-bond donors (Lipinski definition) is 0. The van der Waals surface area contributed by atoms with E-state index in [4.69, 9.17) is 4.74 Å². The zero-order valence-corrected chi connectivity index (χ0v) is 12.1. The van der Waals surface area contributed by atoms with Gasteiger partial charge in [0.25, 0.3) is 5.91 Å². The normalized spacial score (nSPS) is 13.7. The van der Waals surface area contributed by atoms with Gasteiger partial charge in [0.2, 0.25) is 0 Å². The Hall–Kier alpha value is -2.36. The van der Waals surface area contributed by atoms with E-state index in [2.05, 4.69) is 4.98 Å². The van der Waals surface area contributed by atoms with Crippen molar-refractivity contribution in [3.63, 3.8) is 0 Å². The van der Waals surface area contributed by atoms with E-state index in [1.54, 1.807) is 11.1 Å². The molecule has 1 amide bonds. The third-order valence-corrected chi connectivity index (χ3v) is 3.70. The molecule has 0 N–H and O–H groups in total. The molecule has 0 saturated carbocycles. The van der Waals surface area contributed by atoms with Crippen LogP contribution >= 0.6 is 0 Å². The van der Waals surface area contributed by atoms with Crippen LogP contribution in [0.15, 0.2) is 42.6 Å². The first-order valence-electron chi connectivity index (χ1n) is 7.18. The summed E-state index contributed by atoms with van der Waals surface area (Å²) < 4.78 is 5.66. The number of carbonyl (C=O) groups is 1. The lowest BCUT2D eigenvalue weighted by atomic mass is 10.1. The van der Waals surface area contributed by atoms with Crippen molar-refractivity contribution in [1.29, 1.82) is 0 Å². The van der Waals surface area contributed by atoms with Crippen molar-refractivity contribution in [3.8, 4) is 5.75 Å². The zero-order chi connectivity index (χ0) is 14.7. The van der Waals surface area contributed by atoms with E-state index in [0.29, 0.717) is 0 Å². The predicted molar refractivity (Wildman–Crippen MR) is 81.6 cm³/mol. The fourth-order valence-corrected chi connectivity index (χ4v) is 2.59. The van der Waals surface area contributed by atoms with Crippen LogP contribution in [0.25, 0.3) is 0 Å². The Morgan fingerprint density at radius 2 is 2.14 bits per heavy atom. The summed E-state index contributed by atoms with van der Waals surface area (Å²) >= 11 is 0. The molecule has 0 aliphatic carbocycles. The molecular formula is C17H18N2O2. The second kappa shape index (κ2) is 5.95. The Kier molecular flexibility index (Phi) is 3.86. The molecule has 0 atom stereocenters. The van der Waals surface area contributed by atoms with Crippen LogP contribution in [-0.4, -0.2) is 24.0 Å². The Bertz CT molecular complexity index is 655. The first-order chi connectivity index (χ1) is 10.3. The highest BCUT2D eigenvalue weighted by molar-refractivity contribution is 5.95. The molecule has 0 fully saturated rings. The molecule has 0 bridgehead atoms. The molecule has 4 heteroatoms. The molecule has 4 nitrogen and oxygen atoms in total. The van der Waals surface area contributed by atoms with Crippen LogP contribution in [0.5, 0.6) is 5.75 Å². The molecule has 3 rings (SSSR count). The van der Waals surface area contributed by atoms with Crippen molar-refractivity contribution < 1.29 is 9.53 Å². The molecule has 0 radical (unpaired) electrons. The van der Waals surface area contributed by atoms with Crippen molar-refractivity contribution >= 4 is 11.6 Å². The molecule has 0 saturated heterocycles. The lowest BCUT2D eigenvalue weighted by molar-refractivity contribution is -0.120. The molecule has 1 aliphatic heterocycles. The standard InChI is InChI=1S/C17H18N2O2/c1-13-6-2-3-9-16(13)21-12-17(20)19-11-5-7-14-15(19)8-4-10-18-14/h2-4,6,8-10H,5,7,11-12H2,1H3. The van der Waals surface area contributed by atoms with Gasteiger partial charge in [-0.3, -0.25) is 9.78 Å². The van der Waals surface area contributed by atoms with Crippen LogP contribution in [0.3, 0.4) is 0 Å². The average molecular weight is 282 g/mol. The number of aryl methyl sites for hydroxylation is 2. The van der Waals surface area contributed by atoms with Gasteiger partial charge in [-0.15, -0.1) is 0 Å². The number of para-hydroxylation sites is 1. The van der Waals surface area contributed by atoms with E-state index in [1.165, 1.54) is 0 Å². The number of ether oxygens (including phenoxy) is 1. The number of nitrogens with zero attached hydrogens (tertiary/aromatic N) is 2. The number of rotatable bonds is 3. The van der Waals surface area contributed by atoms with E-state index in [0.717, 1.165) is 42.1 Å². The summed E-state index contributed by atoms with van der Waals surface area (Å²) in [6, 6.07) is 11.5. The molecule has 108 valence electrons. The molecule has 2 aromatic rings. The first kappa shape index (κ1) is 13.6. The summed E-state index contributed by atoms with van der Waals surface area (Å²) in [5, 5.41) is 0. The van der Waals surface area contributed by atoms with Gasteiger partial charge in [-0.05, 0) is 43.5 Å². The predicted octanol–water partition coefficient (Wildman–Crippen LogP) is 2.75. The van der Waals surface area contributed by atoms with Gasteiger partial charge in [-0.1, -0.05) is 18.2 Å². The number of anilines is 1. The molecule has 0 spiro atoms. The van der Waals surface area contributed by atoms with E-state index >= 15 is 0 Å². The fraction of sp³-hybridized carbons (Fsp3) is 0.294. The maximum absolute atomic E-state index is 12.4. The quantitative estimate of drug-likeness (QED) is 0.869. The second-order valence-electron chi connectivity index (χ2n) is 5.17. The highest BCUT2D eigenvalue weighted by atomic mass is 16.5. The first-order valence-corrected chi connectivity index (χ1v) is 7.18. The Labute approximate surface area is 124 Å². The Morgan fingerprint density at radius 3 is 3.00 bits per heavy atom. The Morgan fingerprint density at radius 1 is 1.29 bits per heavy atom. The van der Waals surface area contributed by atoms with Crippen LogP contribution in [0.1, 0.15) is 17.7 Å². The van der Waals surface area contributed by atoms with Gasteiger partial charge < -0.3 is 9.64 Å². The maximum Gasteiger partial charge on any atom is 0.264 e. The minimum Gasteiger partial charge on any atom is -0.483 e. The van der Waals surface area contributed by atoms with Crippen molar-refractivity contribution in [2.45, 2.75) is 19.8 Å². The number of aromatic nitrogens is 1.